The van der Waals surface area contributed by atoms with Crippen molar-refractivity contribution in [3.8, 4) is 17.6 Å². The molecular weight excluding hydrogens is 442 g/mol. The molecule has 0 saturated heterocycles. The molecule has 1 aliphatic carbocycles. The van der Waals surface area contributed by atoms with Crippen molar-refractivity contribution in [1.29, 1.82) is 0 Å². The number of amides is 2. The Balaban J connectivity index is 1.99. The van der Waals surface area contributed by atoms with E-state index in [1.165, 1.54) is 10.4 Å². The van der Waals surface area contributed by atoms with Gasteiger partial charge in [0.05, 0.1) is 13.2 Å². The lowest BCUT2D eigenvalue weighted by Gasteiger charge is -2.37. The summed E-state index contributed by atoms with van der Waals surface area (Å²) >= 11 is 0. The van der Waals surface area contributed by atoms with Crippen LogP contribution in [0.25, 0.3) is 0 Å². The Labute approximate surface area is 197 Å². The summed E-state index contributed by atoms with van der Waals surface area (Å²) in [5.74, 6) is 6.71. The molecule has 1 heterocycles. The number of nitrogens with one attached hydrogen (secondary N) is 1. The standard InChI is InChI=1S/C24H35N3O5S/c1-16(2)25-24(29)26(5)14-22-17(3)13-27(18(4)15-28)33(30,31)23-11-10-20(12-21(23)32-22)9-8-19-6-7-19/h10-12,16-19,22,28H,6-7,13-15H2,1-5H3,(H,25,29)/t17-,18-,22-/m0/s1. The highest BCUT2D eigenvalue weighted by Crippen LogP contribution is 2.34. The van der Waals surface area contributed by atoms with Crippen LogP contribution in [0.5, 0.6) is 5.75 Å². The van der Waals surface area contributed by atoms with E-state index in [4.69, 9.17) is 4.74 Å². The highest BCUT2D eigenvalue weighted by molar-refractivity contribution is 7.89. The number of carbonyl (C=O) groups is 1. The van der Waals surface area contributed by atoms with E-state index in [2.05, 4.69) is 17.2 Å². The summed E-state index contributed by atoms with van der Waals surface area (Å²) in [5, 5.41) is 12.6. The van der Waals surface area contributed by atoms with Gasteiger partial charge in [-0.25, -0.2) is 13.2 Å². The Morgan fingerprint density at radius 3 is 2.64 bits per heavy atom. The summed E-state index contributed by atoms with van der Waals surface area (Å²) in [6, 6.07) is 4.07. The number of sulfonamides is 1. The molecule has 2 aliphatic rings. The first-order valence-corrected chi connectivity index (χ1v) is 12.9. The molecule has 1 fully saturated rings. The lowest BCUT2D eigenvalue weighted by Crippen LogP contribution is -2.51. The summed E-state index contributed by atoms with van der Waals surface area (Å²) in [6.07, 6.45) is 1.74. The van der Waals surface area contributed by atoms with Crippen molar-refractivity contribution in [1.82, 2.24) is 14.5 Å². The van der Waals surface area contributed by atoms with Crippen molar-refractivity contribution < 1.29 is 23.1 Å². The van der Waals surface area contributed by atoms with E-state index in [1.807, 2.05) is 20.8 Å². The Kier molecular flexibility index (Phi) is 7.93. The number of benzene rings is 1. The number of ether oxygens (including phenoxy) is 1. The third kappa shape index (κ3) is 6.19. The van der Waals surface area contributed by atoms with Crippen LogP contribution in [0.2, 0.25) is 0 Å². The number of fused-ring (bicyclic) bond motifs is 1. The fourth-order valence-electron chi connectivity index (χ4n) is 3.64. The van der Waals surface area contributed by atoms with Gasteiger partial charge < -0.3 is 20.1 Å². The van der Waals surface area contributed by atoms with Gasteiger partial charge in [-0.3, -0.25) is 0 Å². The number of hydrogen-bond donors (Lipinski definition) is 2. The Hall–Kier alpha value is -2.28. The molecule has 1 aliphatic heterocycles. The number of aliphatic hydroxyl groups excluding tert-OH is 1. The van der Waals surface area contributed by atoms with Crippen molar-refractivity contribution in [2.75, 3.05) is 26.7 Å². The number of carbonyl (C=O) groups excluding carboxylic acids is 1. The van der Waals surface area contributed by atoms with Crippen LogP contribution < -0.4 is 10.1 Å². The van der Waals surface area contributed by atoms with E-state index < -0.39 is 22.2 Å². The largest absolute Gasteiger partial charge is 0.487 e. The quantitative estimate of drug-likeness (QED) is 0.634. The van der Waals surface area contributed by atoms with Crippen molar-refractivity contribution in [2.45, 2.75) is 63.6 Å². The molecule has 0 unspecified atom stereocenters. The van der Waals surface area contributed by atoms with E-state index >= 15 is 0 Å². The number of aliphatic hydroxyl groups is 1. The van der Waals surface area contributed by atoms with Gasteiger partial charge in [0.2, 0.25) is 10.0 Å². The van der Waals surface area contributed by atoms with Crippen molar-refractivity contribution in [3.63, 3.8) is 0 Å². The Morgan fingerprint density at radius 2 is 2.03 bits per heavy atom. The summed E-state index contributed by atoms with van der Waals surface area (Å²) in [6.45, 7) is 7.50. The lowest BCUT2D eigenvalue weighted by molar-refractivity contribution is 0.0809. The molecule has 8 nitrogen and oxygen atoms in total. The minimum atomic E-state index is -3.90. The molecule has 1 saturated carbocycles. The average molecular weight is 478 g/mol. The number of urea groups is 1. The second-order valence-corrected chi connectivity index (χ2v) is 11.3. The maximum absolute atomic E-state index is 13.5. The highest BCUT2D eigenvalue weighted by atomic mass is 32.2. The van der Waals surface area contributed by atoms with Crippen molar-refractivity contribution in [3.05, 3.63) is 23.8 Å². The lowest BCUT2D eigenvalue weighted by atomic mass is 10.0. The third-order valence-corrected chi connectivity index (χ3v) is 7.90. The van der Waals surface area contributed by atoms with Gasteiger partial charge in [-0.15, -0.1) is 0 Å². The zero-order valence-electron chi connectivity index (χ0n) is 20.0. The molecule has 2 amide bonds. The average Bonchev–Trinajstić information content (AvgIpc) is 3.58. The Morgan fingerprint density at radius 1 is 1.33 bits per heavy atom. The summed E-state index contributed by atoms with van der Waals surface area (Å²) in [5.41, 5.74) is 0.690. The first-order valence-electron chi connectivity index (χ1n) is 11.5. The van der Waals surface area contributed by atoms with E-state index in [1.54, 1.807) is 31.0 Å². The van der Waals surface area contributed by atoms with E-state index in [0.29, 0.717) is 11.5 Å². The zero-order chi connectivity index (χ0) is 24.3. The van der Waals surface area contributed by atoms with Crippen LogP contribution in [0.4, 0.5) is 4.79 Å². The normalized spacial score (nSPS) is 23.2. The van der Waals surface area contributed by atoms with Gasteiger partial charge in [-0.1, -0.05) is 18.8 Å². The van der Waals surface area contributed by atoms with E-state index in [-0.39, 0.29) is 48.3 Å². The Bertz CT molecular complexity index is 1030. The van der Waals surface area contributed by atoms with Crippen molar-refractivity contribution in [2.24, 2.45) is 11.8 Å². The monoisotopic (exact) mass is 477 g/mol. The zero-order valence-corrected chi connectivity index (χ0v) is 20.9. The van der Waals surface area contributed by atoms with Gasteiger partial charge in [0.25, 0.3) is 0 Å². The minimum Gasteiger partial charge on any atom is -0.487 e. The highest BCUT2D eigenvalue weighted by Gasteiger charge is 2.38. The molecular formula is C24H35N3O5S. The first-order chi connectivity index (χ1) is 15.5. The van der Waals surface area contributed by atoms with Crippen LogP contribution in [0.1, 0.15) is 46.1 Å². The molecule has 2 N–H and O–H groups in total. The maximum atomic E-state index is 13.5. The molecule has 182 valence electrons. The van der Waals surface area contributed by atoms with Gasteiger partial charge in [-0.05, 0) is 51.8 Å². The number of hydrogen-bond acceptors (Lipinski definition) is 5. The third-order valence-electron chi connectivity index (χ3n) is 5.88. The van der Waals surface area contributed by atoms with Gasteiger partial charge in [0.15, 0.2) is 0 Å². The number of nitrogens with zero attached hydrogens (tertiary/aromatic N) is 2. The molecule has 33 heavy (non-hydrogen) atoms. The van der Waals surface area contributed by atoms with Crippen LogP contribution in [-0.2, 0) is 10.0 Å². The number of likely N-dealkylation sites (N-methyl/N-ethyl adjacent to an activating group) is 1. The fourth-order valence-corrected chi connectivity index (χ4v) is 5.47. The second-order valence-electron chi connectivity index (χ2n) is 9.43. The fraction of sp³-hybridized carbons (Fsp3) is 0.625. The molecule has 0 bridgehead atoms. The van der Waals surface area contributed by atoms with Crippen molar-refractivity contribution >= 4 is 16.1 Å². The molecule has 0 aromatic heterocycles. The summed E-state index contributed by atoms with van der Waals surface area (Å²) < 4.78 is 34.6. The van der Waals surface area contributed by atoms with Crippen LogP contribution in [0.15, 0.2) is 23.1 Å². The van der Waals surface area contributed by atoms with Crippen LogP contribution in [0, 0.1) is 23.7 Å². The molecule has 1 aromatic carbocycles. The van der Waals surface area contributed by atoms with E-state index in [9.17, 15) is 18.3 Å². The summed E-state index contributed by atoms with van der Waals surface area (Å²) in [7, 11) is -2.21. The SMILES string of the molecule is CC(C)NC(=O)N(C)C[C@@H]1Oc2cc(C#CC3CC3)ccc2S(=O)(=O)N([C@@H](C)CO)C[C@@H]1C. The van der Waals surface area contributed by atoms with Gasteiger partial charge in [0.1, 0.15) is 16.7 Å². The smallest absolute Gasteiger partial charge is 0.317 e. The topological polar surface area (TPSA) is 99.2 Å². The molecule has 9 heteroatoms. The molecule has 0 radical (unpaired) electrons. The van der Waals surface area contributed by atoms with Gasteiger partial charge in [-0.2, -0.15) is 4.31 Å². The van der Waals surface area contributed by atoms with Crippen LogP contribution in [0.3, 0.4) is 0 Å². The summed E-state index contributed by atoms with van der Waals surface area (Å²) in [4.78, 5) is 14.1. The van der Waals surface area contributed by atoms with E-state index in [0.717, 1.165) is 12.8 Å². The molecule has 1 aromatic rings. The minimum absolute atomic E-state index is 0.00464. The maximum Gasteiger partial charge on any atom is 0.317 e. The first kappa shape index (κ1) is 25.3. The second kappa shape index (κ2) is 10.3. The van der Waals surface area contributed by atoms with Gasteiger partial charge >= 0.3 is 6.03 Å². The number of rotatable bonds is 5. The van der Waals surface area contributed by atoms with Crippen LogP contribution in [-0.4, -0.2) is 73.7 Å². The molecule has 3 atom stereocenters. The molecule has 0 spiro atoms. The predicted molar refractivity (Wildman–Crippen MR) is 126 cm³/mol. The molecule has 3 rings (SSSR count). The predicted octanol–water partition coefficient (Wildman–Crippen LogP) is 2.27. The van der Waals surface area contributed by atoms with Crippen LogP contribution >= 0.6 is 0 Å². The van der Waals surface area contributed by atoms with Gasteiger partial charge in [0, 0.05) is 43.1 Å².